The van der Waals surface area contributed by atoms with Crippen LogP contribution in [0.4, 0.5) is 0 Å². The monoisotopic (exact) mass is 598 g/mol. The van der Waals surface area contributed by atoms with E-state index in [2.05, 4.69) is 103 Å². The largest absolute Gasteiger partial charge is 0.0949 e. The van der Waals surface area contributed by atoms with Crippen molar-refractivity contribution < 1.29 is 0 Å². The molecule has 0 unspecified atom stereocenters. The highest BCUT2D eigenvalue weighted by Crippen LogP contribution is 2.56. The van der Waals surface area contributed by atoms with Gasteiger partial charge in [-0.25, -0.2) is 0 Å². The Balaban J connectivity index is 1.03. The molecule has 0 aromatic heterocycles. The first-order valence-corrected chi connectivity index (χ1v) is 17.3. The van der Waals surface area contributed by atoms with Crippen molar-refractivity contribution in [3.8, 4) is 0 Å². The number of hydrogen-bond acceptors (Lipinski definition) is 0. The molecule has 0 fully saturated rings. The van der Waals surface area contributed by atoms with Crippen molar-refractivity contribution in [3.05, 3.63) is 184 Å². The van der Waals surface area contributed by atoms with Crippen LogP contribution in [0.1, 0.15) is 92.9 Å². The molecule has 230 valence electrons. The van der Waals surface area contributed by atoms with Crippen LogP contribution in [0.15, 0.2) is 184 Å². The molecule has 0 atom stereocenters. The molecule has 0 nitrogen and oxygen atoms in total. The molecule has 0 aromatic carbocycles. The average Bonchev–Trinajstić information content (AvgIpc) is 3.84. The third-order valence-electron chi connectivity index (χ3n) is 11.9. The van der Waals surface area contributed by atoms with Crippen LogP contribution in [0.2, 0.25) is 0 Å². The molecule has 8 rings (SSSR count). The molecule has 0 saturated heterocycles. The van der Waals surface area contributed by atoms with Gasteiger partial charge in [-0.2, -0.15) is 0 Å². The van der Waals surface area contributed by atoms with E-state index in [0.29, 0.717) is 0 Å². The summed E-state index contributed by atoms with van der Waals surface area (Å²) < 4.78 is 0. The van der Waals surface area contributed by atoms with Crippen LogP contribution in [-0.2, 0) is 0 Å². The third kappa shape index (κ3) is 4.48. The van der Waals surface area contributed by atoms with Gasteiger partial charge in [0.15, 0.2) is 0 Å². The topological polar surface area (TPSA) is 0 Å². The zero-order valence-corrected chi connectivity index (χ0v) is 28.7. The summed E-state index contributed by atoms with van der Waals surface area (Å²) in [6.07, 6.45) is 27.3. The minimum absolute atomic E-state index is 0.951. The van der Waals surface area contributed by atoms with Gasteiger partial charge >= 0.3 is 0 Å². The smallest absolute Gasteiger partial charge is 0.00162 e. The minimum Gasteiger partial charge on any atom is -0.0949 e. The molecule has 0 aliphatic heterocycles. The molecule has 0 heterocycles. The Morgan fingerprint density at radius 3 is 1.04 bits per heavy atom. The second-order valence-electron chi connectivity index (χ2n) is 14.8. The van der Waals surface area contributed by atoms with E-state index < -0.39 is 0 Å². The van der Waals surface area contributed by atoms with Crippen molar-refractivity contribution in [2.45, 2.75) is 92.9 Å². The maximum absolute atomic E-state index is 4.69. The predicted molar refractivity (Wildman–Crippen MR) is 196 cm³/mol. The van der Waals surface area contributed by atoms with Gasteiger partial charge in [-0.3, -0.25) is 0 Å². The van der Waals surface area contributed by atoms with Crippen molar-refractivity contribution in [1.82, 2.24) is 0 Å². The lowest BCUT2D eigenvalue weighted by molar-refractivity contribution is 1.04. The van der Waals surface area contributed by atoms with E-state index >= 15 is 0 Å². The highest BCUT2D eigenvalue weighted by molar-refractivity contribution is 5.78. The maximum Gasteiger partial charge on any atom is -0.00162 e. The van der Waals surface area contributed by atoms with E-state index in [1.54, 1.807) is 0 Å². The van der Waals surface area contributed by atoms with E-state index in [4.69, 9.17) is 0 Å². The van der Waals surface area contributed by atoms with Crippen molar-refractivity contribution in [3.63, 3.8) is 0 Å². The lowest BCUT2D eigenvalue weighted by atomic mass is 9.90. The average molecular weight is 599 g/mol. The number of fused-ring (bicyclic) bond motifs is 1. The number of allylic oxidation sites excluding steroid dienone is 30. The third-order valence-corrected chi connectivity index (χ3v) is 11.9. The summed E-state index contributed by atoms with van der Waals surface area (Å²) in [7, 11) is 0. The molecular weight excluding hydrogens is 553 g/mol. The maximum atomic E-state index is 4.69. The van der Waals surface area contributed by atoms with Crippen LogP contribution >= 0.6 is 0 Å². The molecule has 0 saturated carbocycles. The van der Waals surface area contributed by atoms with E-state index in [1.165, 1.54) is 123 Å². The molecule has 46 heavy (non-hydrogen) atoms. The van der Waals surface area contributed by atoms with Crippen molar-refractivity contribution in [1.29, 1.82) is 0 Å². The van der Waals surface area contributed by atoms with Crippen molar-refractivity contribution >= 4 is 0 Å². The molecule has 8 aliphatic carbocycles. The molecular formula is C46H46. The Bertz CT molecular complexity index is 1910. The van der Waals surface area contributed by atoms with Crippen LogP contribution in [0.3, 0.4) is 0 Å². The fraction of sp³-hybridized carbons (Fsp3) is 0.304. The molecule has 0 radical (unpaired) electrons. The van der Waals surface area contributed by atoms with Gasteiger partial charge in [0, 0.05) is 0 Å². The highest BCUT2D eigenvalue weighted by Gasteiger charge is 2.38. The second kappa shape index (κ2) is 10.7. The zero-order valence-electron chi connectivity index (χ0n) is 28.7. The van der Waals surface area contributed by atoms with E-state index in [-0.39, 0.29) is 0 Å². The zero-order chi connectivity index (χ0) is 32.0. The second-order valence-corrected chi connectivity index (χ2v) is 14.8. The van der Waals surface area contributed by atoms with Crippen LogP contribution in [-0.4, -0.2) is 0 Å². The lowest BCUT2D eigenvalue weighted by Gasteiger charge is -2.14. The standard InChI is InChI=1S/C46H46/c1-25-11-9-13-37(25)33-15-27(3)39(21-33)35-17-29(5)41(23-35)43-19-31(7)46-44(20-32(8)45(43)46)42-24-36(18-30(42)6)40-22-34(16-28(40)4)38-14-10-12-26(38)2/h9-12,15-18H,7-8,13-14,19-24H2,1-6H3. The van der Waals surface area contributed by atoms with Crippen molar-refractivity contribution in [2.24, 2.45) is 0 Å². The Hall–Kier alpha value is -4.16. The van der Waals surface area contributed by atoms with Gasteiger partial charge in [0.2, 0.25) is 0 Å². The van der Waals surface area contributed by atoms with Crippen LogP contribution in [0, 0.1) is 0 Å². The quantitative estimate of drug-likeness (QED) is 0.285. The van der Waals surface area contributed by atoms with Crippen LogP contribution in [0.5, 0.6) is 0 Å². The normalized spacial score (nSPS) is 24.7. The van der Waals surface area contributed by atoms with Gasteiger partial charge in [-0.05, 0) is 216 Å². The minimum atomic E-state index is 0.951. The fourth-order valence-corrected chi connectivity index (χ4v) is 9.49. The molecule has 0 N–H and O–H groups in total. The van der Waals surface area contributed by atoms with Gasteiger partial charge < -0.3 is 0 Å². The number of hydrogen-bond donors (Lipinski definition) is 0. The Morgan fingerprint density at radius 1 is 0.370 bits per heavy atom. The summed E-state index contributed by atoms with van der Waals surface area (Å²) in [6.45, 7) is 23.2. The van der Waals surface area contributed by atoms with Crippen LogP contribution in [0.25, 0.3) is 0 Å². The number of rotatable bonds is 6. The fourth-order valence-electron chi connectivity index (χ4n) is 9.49. The van der Waals surface area contributed by atoms with Crippen LogP contribution < -0.4 is 0 Å². The van der Waals surface area contributed by atoms with Gasteiger partial charge in [0.05, 0.1) is 0 Å². The highest BCUT2D eigenvalue weighted by atomic mass is 14.4. The lowest BCUT2D eigenvalue weighted by Crippen LogP contribution is -1.96. The van der Waals surface area contributed by atoms with Gasteiger partial charge in [-0.15, -0.1) is 0 Å². The first-order chi connectivity index (χ1) is 22.1. The van der Waals surface area contributed by atoms with Crippen molar-refractivity contribution in [2.75, 3.05) is 0 Å². The Labute approximate surface area is 276 Å². The summed E-state index contributed by atoms with van der Waals surface area (Å²) in [6, 6.07) is 0. The first kappa shape index (κ1) is 29.3. The van der Waals surface area contributed by atoms with Gasteiger partial charge in [-0.1, -0.05) is 61.8 Å². The molecule has 0 spiro atoms. The Kier molecular flexibility index (Phi) is 6.80. The summed E-state index contributed by atoms with van der Waals surface area (Å²) >= 11 is 0. The first-order valence-electron chi connectivity index (χ1n) is 17.3. The molecule has 0 heteroatoms. The van der Waals surface area contributed by atoms with Gasteiger partial charge in [0.1, 0.15) is 0 Å². The predicted octanol–water partition coefficient (Wildman–Crippen LogP) is 12.6. The van der Waals surface area contributed by atoms with E-state index in [0.717, 1.165) is 51.4 Å². The molecule has 8 aliphatic rings. The molecule has 0 amide bonds. The summed E-state index contributed by atoms with van der Waals surface area (Å²) in [5.41, 5.74) is 32.2. The van der Waals surface area contributed by atoms with E-state index in [1.807, 2.05) is 0 Å². The summed E-state index contributed by atoms with van der Waals surface area (Å²) in [5.74, 6) is 0. The Morgan fingerprint density at radius 2 is 0.696 bits per heavy atom. The molecule has 0 bridgehead atoms. The van der Waals surface area contributed by atoms with Gasteiger partial charge in [0.25, 0.3) is 0 Å². The summed E-state index contributed by atoms with van der Waals surface area (Å²) in [5, 5.41) is 0. The van der Waals surface area contributed by atoms with E-state index in [9.17, 15) is 0 Å². The summed E-state index contributed by atoms with van der Waals surface area (Å²) in [4.78, 5) is 0. The SMILES string of the molecule is C=C1CC(C2=C(C)C=C(C3=C(C)C=C(C4=C(C)C=CC4)C3)C2)=C2C(=C)CC(C3=C(C)C=C(C4=C(C)C=C(C5=C(C)C=CC5)C4)C3)=C12. The molecule has 0 aromatic rings.